The smallest absolute Gasteiger partial charge is 0.126 e. The Morgan fingerprint density at radius 3 is 2.45 bits per heavy atom. The third kappa shape index (κ3) is 4.56. The molecule has 0 amide bonds. The Balaban J connectivity index is 1.96. The highest BCUT2D eigenvalue weighted by molar-refractivity contribution is 5.70. The first kappa shape index (κ1) is 16.5. The van der Waals surface area contributed by atoms with Crippen LogP contribution in [0.4, 0.5) is 0 Å². The standard InChI is InChI=1S/C18H23NO3/c1-21-13-16(20)12-19-11-14-7-9-15(10-8-14)17-5-3-4-6-18(17)22-2/h3-10,16,19-20H,11-13H2,1-2H3. The molecule has 0 spiro atoms. The van der Waals surface area contributed by atoms with Gasteiger partial charge in [-0.2, -0.15) is 0 Å². The Labute approximate surface area is 131 Å². The number of hydrogen-bond donors (Lipinski definition) is 2. The van der Waals surface area contributed by atoms with Crippen molar-refractivity contribution in [2.24, 2.45) is 0 Å². The molecule has 1 unspecified atom stereocenters. The van der Waals surface area contributed by atoms with Crippen LogP contribution in [0.5, 0.6) is 5.75 Å². The third-order valence-corrected chi connectivity index (χ3v) is 3.44. The molecule has 0 heterocycles. The van der Waals surface area contributed by atoms with Crippen molar-refractivity contribution in [1.29, 1.82) is 0 Å². The summed E-state index contributed by atoms with van der Waals surface area (Å²) in [6.45, 7) is 1.58. The van der Waals surface area contributed by atoms with E-state index in [1.165, 1.54) is 5.56 Å². The van der Waals surface area contributed by atoms with Crippen LogP contribution in [0.15, 0.2) is 48.5 Å². The number of benzene rings is 2. The minimum absolute atomic E-state index is 0.347. The first-order valence-corrected chi connectivity index (χ1v) is 7.34. The van der Waals surface area contributed by atoms with E-state index in [0.29, 0.717) is 19.7 Å². The van der Waals surface area contributed by atoms with Gasteiger partial charge in [-0.25, -0.2) is 0 Å². The van der Waals surface area contributed by atoms with Crippen molar-refractivity contribution in [1.82, 2.24) is 5.32 Å². The molecule has 22 heavy (non-hydrogen) atoms. The number of hydrogen-bond acceptors (Lipinski definition) is 4. The molecule has 0 aliphatic rings. The van der Waals surface area contributed by atoms with E-state index in [2.05, 4.69) is 29.6 Å². The predicted octanol–water partition coefficient (Wildman–Crippen LogP) is 2.46. The molecule has 2 N–H and O–H groups in total. The quantitative estimate of drug-likeness (QED) is 0.786. The molecular formula is C18H23NO3. The Morgan fingerprint density at radius 2 is 1.77 bits per heavy atom. The van der Waals surface area contributed by atoms with Crippen LogP contribution in [-0.2, 0) is 11.3 Å². The van der Waals surface area contributed by atoms with Crippen molar-refractivity contribution in [3.8, 4) is 16.9 Å². The van der Waals surface area contributed by atoms with Crippen LogP contribution in [-0.4, -0.2) is 38.6 Å². The Bertz CT molecular complexity index is 569. The molecule has 0 saturated heterocycles. The van der Waals surface area contributed by atoms with Gasteiger partial charge in [-0.3, -0.25) is 0 Å². The lowest BCUT2D eigenvalue weighted by atomic mass is 10.0. The van der Waals surface area contributed by atoms with E-state index in [9.17, 15) is 5.11 Å². The largest absolute Gasteiger partial charge is 0.496 e. The zero-order valence-corrected chi connectivity index (χ0v) is 13.1. The number of nitrogens with one attached hydrogen (secondary N) is 1. The topological polar surface area (TPSA) is 50.7 Å². The normalized spacial score (nSPS) is 12.1. The molecule has 118 valence electrons. The maximum atomic E-state index is 9.58. The highest BCUT2D eigenvalue weighted by atomic mass is 16.5. The Hall–Kier alpha value is -1.88. The molecule has 0 saturated carbocycles. The maximum Gasteiger partial charge on any atom is 0.126 e. The highest BCUT2D eigenvalue weighted by Crippen LogP contribution is 2.29. The first-order valence-electron chi connectivity index (χ1n) is 7.34. The van der Waals surface area contributed by atoms with Crippen LogP contribution in [0.1, 0.15) is 5.56 Å². The van der Waals surface area contributed by atoms with Gasteiger partial charge >= 0.3 is 0 Å². The number of ether oxygens (including phenoxy) is 2. The van der Waals surface area contributed by atoms with Gasteiger partial charge in [-0.15, -0.1) is 0 Å². The zero-order chi connectivity index (χ0) is 15.8. The average Bonchev–Trinajstić information content (AvgIpc) is 2.56. The molecule has 2 aromatic rings. The molecule has 0 bridgehead atoms. The predicted molar refractivity (Wildman–Crippen MR) is 88.0 cm³/mol. The van der Waals surface area contributed by atoms with Crippen molar-refractivity contribution in [2.45, 2.75) is 12.6 Å². The van der Waals surface area contributed by atoms with Crippen molar-refractivity contribution in [3.05, 3.63) is 54.1 Å². The molecule has 2 rings (SSSR count). The lowest BCUT2D eigenvalue weighted by Gasteiger charge is -2.11. The SMILES string of the molecule is COCC(O)CNCc1ccc(-c2ccccc2OC)cc1. The van der Waals surface area contributed by atoms with Gasteiger partial charge in [-0.1, -0.05) is 42.5 Å². The number of aliphatic hydroxyl groups is 1. The van der Waals surface area contributed by atoms with E-state index in [0.717, 1.165) is 16.9 Å². The van der Waals surface area contributed by atoms with Crippen molar-refractivity contribution >= 4 is 0 Å². The van der Waals surface area contributed by atoms with Crippen LogP contribution in [0.3, 0.4) is 0 Å². The average molecular weight is 301 g/mol. The van der Waals surface area contributed by atoms with Gasteiger partial charge in [0.2, 0.25) is 0 Å². The van der Waals surface area contributed by atoms with Gasteiger partial charge in [0.25, 0.3) is 0 Å². The highest BCUT2D eigenvalue weighted by Gasteiger charge is 2.05. The molecule has 0 radical (unpaired) electrons. The van der Waals surface area contributed by atoms with Crippen molar-refractivity contribution in [3.63, 3.8) is 0 Å². The second-order valence-electron chi connectivity index (χ2n) is 5.14. The summed E-state index contributed by atoms with van der Waals surface area (Å²) in [6, 6.07) is 16.3. The summed E-state index contributed by atoms with van der Waals surface area (Å²) in [4.78, 5) is 0. The van der Waals surface area contributed by atoms with Gasteiger partial charge < -0.3 is 19.9 Å². The Kier molecular flexibility index (Phi) is 6.40. The van der Waals surface area contributed by atoms with Crippen molar-refractivity contribution < 1.29 is 14.6 Å². The Morgan fingerprint density at radius 1 is 1.05 bits per heavy atom. The lowest BCUT2D eigenvalue weighted by molar-refractivity contribution is 0.0644. The van der Waals surface area contributed by atoms with E-state index >= 15 is 0 Å². The van der Waals surface area contributed by atoms with E-state index in [1.807, 2.05) is 24.3 Å². The molecule has 0 fully saturated rings. The fourth-order valence-corrected chi connectivity index (χ4v) is 2.32. The molecule has 2 aromatic carbocycles. The molecule has 1 atom stereocenters. The van der Waals surface area contributed by atoms with Gasteiger partial charge in [0.15, 0.2) is 0 Å². The summed E-state index contributed by atoms with van der Waals surface area (Å²) in [7, 11) is 3.27. The van der Waals surface area contributed by atoms with Crippen LogP contribution in [0.2, 0.25) is 0 Å². The molecule has 0 aromatic heterocycles. The summed E-state index contributed by atoms with van der Waals surface area (Å²) < 4.78 is 10.3. The summed E-state index contributed by atoms with van der Waals surface area (Å²) in [5.41, 5.74) is 3.38. The molecular weight excluding hydrogens is 278 g/mol. The number of rotatable bonds is 8. The zero-order valence-electron chi connectivity index (χ0n) is 13.1. The van der Waals surface area contributed by atoms with Crippen LogP contribution >= 0.6 is 0 Å². The number of aliphatic hydroxyl groups excluding tert-OH is 1. The third-order valence-electron chi connectivity index (χ3n) is 3.44. The van der Waals surface area contributed by atoms with E-state index < -0.39 is 6.10 Å². The van der Waals surface area contributed by atoms with Gasteiger partial charge in [0, 0.05) is 25.8 Å². The van der Waals surface area contributed by atoms with E-state index in [1.54, 1.807) is 14.2 Å². The van der Waals surface area contributed by atoms with Gasteiger partial charge in [-0.05, 0) is 17.2 Å². The minimum atomic E-state index is -0.474. The second-order valence-corrected chi connectivity index (χ2v) is 5.14. The van der Waals surface area contributed by atoms with Crippen LogP contribution in [0.25, 0.3) is 11.1 Å². The second kappa shape index (κ2) is 8.54. The van der Waals surface area contributed by atoms with E-state index in [-0.39, 0.29) is 0 Å². The molecule has 4 heteroatoms. The number of methoxy groups -OCH3 is 2. The minimum Gasteiger partial charge on any atom is -0.496 e. The molecule has 0 aliphatic carbocycles. The van der Waals surface area contributed by atoms with Crippen LogP contribution in [0, 0.1) is 0 Å². The lowest BCUT2D eigenvalue weighted by Crippen LogP contribution is -2.29. The molecule has 4 nitrogen and oxygen atoms in total. The fraction of sp³-hybridized carbons (Fsp3) is 0.333. The summed E-state index contributed by atoms with van der Waals surface area (Å²) in [5, 5.41) is 12.8. The van der Waals surface area contributed by atoms with Crippen LogP contribution < -0.4 is 10.1 Å². The van der Waals surface area contributed by atoms with Gasteiger partial charge in [0.05, 0.1) is 19.8 Å². The molecule has 0 aliphatic heterocycles. The van der Waals surface area contributed by atoms with E-state index in [4.69, 9.17) is 9.47 Å². The summed E-state index contributed by atoms with van der Waals surface area (Å²) in [5.74, 6) is 0.871. The van der Waals surface area contributed by atoms with Gasteiger partial charge in [0.1, 0.15) is 5.75 Å². The fourth-order valence-electron chi connectivity index (χ4n) is 2.32. The maximum absolute atomic E-state index is 9.58. The summed E-state index contributed by atoms with van der Waals surface area (Å²) in [6.07, 6.45) is -0.474. The summed E-state index contributed by atoms with van der Waals surface area (Å²) >= 11 is 0. The first-order chi connectivity index (χ1) is 10.7. The monoisotopic (exact) mass is 301 g/mol. The number of para-hydroxylation sites is 1. The van der Waals surface area contributed by atoms with Crippen molar-refractivity contribution in [2.75, 3.05) is 27.4 Å².